The lowest BCUT2D eigenvalue weighted by Crippen LogP contribution is -2.35. The third kappa shape index (κ3) is 2.54. The third-order valence-corrected chi connectivity index (χ3v) is 3.90. The number of hydrogen-bond donors (Lipinski definition) is 1. The number of benzene rings is 1. The minimum Gasteiger partial charge on any atom is -0.371 e. The molecule has 6 nitrogen and oxygen atoms in total. The van der Waals surface area contributed by atoms with E-state index in [1.54, 1.807) is 6.07 Å². The maximum Gasteiger partial charge on any atom is 0.208 e. The molecule has 1 N–H and O–H groups in total. The van der Waals surface area contributed by atoms with Crippen molar-refractivity contribution in [2.45, 2.75) is 12.6 Å². The highest BCUT2D eigenvalue weighted by atomic mass is 32.2. The molecule has 0 bridgehead atoms. The number of aromatic nitrogens is 2. The number of hydrogen-bond acceptors (Lipinski definition) is 4. The largest absolute Gasteiger partial charge is 0.371 e. The van der Waals surface area contributed by atoms with E-state index in [1.165, 1.54) is 12.1 Å². The molecule has 1 aliphatic rings. The molecule has 1 unspecified atom stereocenters. The fraction of sp³-hybridized carbons (Fsp3) is 0.417. The number of imidazole rings is 1. The van der Waals surface area contributed by atoms with E-state index in [-0.39, 0.29) is 18.4 Å². The summed E-state index contributed by atoms with van der Waals surface area (Å²) in [5.41, 5.74) is 1.33. The van der Waals surface area contributed by atoms with Crippen LogP contribution in [0.1, 0.15) is 11.9 Å². The van der Waals surface area contributed by atoms with Gasteiger partial charge in [-0.3, -0.25) is 0 Å². The van der Waals surface area contributed by atoms with E-state index >= 15 is 0 Å². The molecular formula is C12H14FN3O3S. The highest BCUT2D eigenvalue weighted by Crippen LogP contribution is 2.26. The Bertz CT molecular complexity index is 757. The van der Waals surface area contributed by atoms with Crippen molar-refractivity contribution in [3.8, 4) is 0 Å². The average molecular weight is 299 g/mol. The lowest BCUT2D eigenvalue weighted by atomic mass is 10.2. The van der Waals surface area contributed by atoms with Gasteiger partial charge < -0.3 is 9.30 Å². The number of fused-ring (bicyclic) bond motifs is 3. The van der Waals surface area contributed by atoms with Gasteiger partial charge in [0.2, 0.25) is 10.0 Å². The minimum absolute atomic E-state index is 0.191. The second-order valence-electron chi connectivity index (χ2n) is 4.82. The molecule has 0 aliphatic carbocycles. The normalized spacial score (nSPS) is 19.2. The minimum atomic E-state index is -3.27. The maximum absolute atomic E-state index is 13.2. The first-order chi connectivity index (χ1) is 9.44. The van der Waals surface area contributed by atoms with Crippen molar-refractivity contribution in [2.75, 3.05) is 19.4 Å². The van der Waals surface area contributed by atoms with Crippen LogP contribution in [0.3, 0.4) is 0 Å². The molecule has 0 saturated heterocycles. The SMILES string of the molecule is CS(=O)(=O)NCC1COCc2nc3cc(F)ccc3n21. The van der Waals surface area contributed by atoms with Gasteiger partial charge in [0.15, 0.2) is 0 Å². The Balaban J connectivity index is 2.00. The van der Waals surface area contributed by atoms with Gasteiger partial charge in [-0.05, 0) is 12.1 Å². The van der Waals surface area contributed by atoms with Crippen molar-refractivity contribution >= 4 is 21.1 Å². The van der Waals surface area contributed by atoms with Gasteiger partial charge >= 0.3 is 0 Å². The third-order valence-electron chi connectivity index (χ3n) is 3.21. The van der Waals surface area contributed by atoms with Gasteiger partial charge in [0.1, 0.15) is 18.2 Å². The summed E-state index contributed by atoms with van der Waals surface area (Å²) in [6, 6.07) is 4.19. The van der Waals surface area contributed by atoms with Gasteiger partial charge in [0.05, 0.1) is 29.9 Å². The Morgan fingerprint density at radius 3 is 3.10 bits per heavy atom. The van der Waals surface area contributed by atoms with Crippen molar-refractivity contribution in [3.63, 3.8) is 0 Å². The van der Waals surface area contributed by atoms with Crippen LogP contribution in [0.15, 0.2) is 18.2 Å². The van der Waals surface area contributed by atoms with Crippen LogP contribution in [-0.4, -0.2) is 37.4 Å². The molecule has 8 heteroatoms. The Labute approximate surface area is 115 Å². The molecule has 3 rings (SSSR count). The van der Waals surface area contributed by atoms with Crippen molar-refractivity contribution in [3.05, 3.63) is 29.8 Å². The van der Waals surface area contributed by atoms with E-state index in [4.69, 9.17) is 4.74 Å². The lowest BCUT2D eigenvalue weighted by molar-refractivity contribution is 0.0581. The van der Waals surface area contributed by atoms with Gasteiger partial charge in [-0.25, -0.2) is 22.5 Å². The second kappa shape index (κ2) is 4.80. The Kier molecular flexibility index (Phi) is 3.23. The molecule has 2 heterocycles. The first-order valence-electron chi connectivity index (χ1n) is 6.13. The molecule has 0 spiro atoms. The molecule has 2 aromatic rings. The summed E-state index contributed by atoms with van der Waals surface area (Å²) in [4.78, 5) is 4.33. The summed E-state index contributed by atoms with van der Waals surface area (Å²) >= 11 is 0. The average Bonchev–Trinajstić information content (AvgIpc) is 2.73. The zero-order valence-electron chi connectivity index (χ0n) is 10.8. The molecule has 0 amide bonds. The number of nitrogens with one attached hydrogen (secondary N) is 1. The van der Waals surface area contributed by atoms with E-state index in [0.717, 1.165) is 11.8 Å². The second-order valence-corrected chi connectivity index (χ2v) is 6.65. The fourth-order valence-corrected chi connectivity index (χ4v) is 2.88. The van der Waals surface area contributed by atoms with Crippen LogP contribution < -0.4 is 4.72 Å². The predicted octanol–water partition coefficient (Wildman–Crippen LogP) is 0.796. The van der Waals surface area contributed by atoms with Crippen LogP contribution in [0.5, 0.6) is 0 Å². The highest BCUT2D eigenvalue weighted by molar-refractivity contribution is 7.88. The molecule has 0 radical (unpaired) electrons. The van der Waals surface area contributed by atoms with E-state index in [1.807, 2.05) is 4.57 Å². The fourth-order valence-electron chi connectivity index (χ4n) is 2.39. The topological polar surface area (TPSA) is 73.2 Å². The van der Waals surface area contributed by atoms with Crippen molar-refractivity contribution in [2.24, 2.45) is 0 Å². The number of halogens is 1. The van der Waals surface area contributed by atoms with Crippen LogP contribution in [-0.2, 0) is 21.4 Å². The molecule has 0 saturated carbocycles. The van der Waals surface area contributed by atoms with Crippen LogP contribution in [0.2, 0.25) is 0 Å². The Hall–Kier alpha value is -1.51. The van der Waals surface area contributed by atoms with Crippen LogP contribution in [0, 0.1) is 5.82 Å². The van der Waals surface area contributed by atoms with Gasteiger partial charge in [-0.15, -0.1) is 0 Å². The van der Waals surface area contributed by atoms with Gasteiger partial charge in [0.25, 0.3) is 0 Å². The summed E-state index contributed by atoms with van der Waals surface area (Å²) in [6.45, 7) is 0.943. The summed E-state index contributed by atoms with van der Waals surface area (Å²) in [6.07, 6.45) is 1.11. The Morgan fingerprint density at radius 2 is 2.35 bits per heavy atom. The van der Waals surface area contributed by atoms with Crippen LogP contribution >= 0.6 is 0 Å². The lowest BCUT2D eigenvalue weighted by Gasteiger charge is -2.26. The quantitative estimate of drug-likeness (QED) is 0.909. The van der Waals surface area contributed by atoms with E-state index < -0.39 is 10.0 Å². The number of nitrogens with zero attached hydrogens (tertiary/aromatic N) is 2. The summed E-state index contributed by atoms with van der Waals surface area (Å²) in [7, 11) is -3.27. The maximum atomic E-state index is 13.2. The van der Waals surface area contributed by atoms with Crippen LogP contribution in [0.25, 0.3) is 11.0 Å². The molecule has 1 atom stereocenters. The molecule has 1 aromatic carbocycles. The first-order valence-corrected chi connectivity index (χ1v) is 8.02. The monoisotopic (exact) mass is 299 g/mol. The zero-order chi connectivity index (χ0) is 14.3. The van der Waals surface area contributed by atoms with Gasteiger partial charge in [-0.1, -0.05) is 0 Å². The number of ether oxygens (including phenoxy) is 1. The Morgan fingerprint density at radius 1 is 1.55 bits per heavy atom. The standard InChI is InChI=1S/C12H14FN3O3S/c1-20(17,18)14-5-9-6-19-7-12-15-10-4-8(13)2-3-11(10)16(9)12/h2-4,9,14H,5-7H2,1H3. The first kappa shape index (κ1) is 13.5. The molecule has 1 aliphatic heterocycles. The molecule has 108 valence electrons. The summed E-state index contributed by atoms with van der Waals surface area (Å²) in [5, 5.41) is 0. The van der Waals surface area contributed by atoms with E-state index in [9.17, 15) is 12.8 Å². The molecule has 20 heavy (non-hydrogen) atoms. The van der Waals surface area contributed by atoms with E-state index in [0.29, 0.717) is 24.6 Å². The number of rotatable bonds is 3. The van der Waals surface area contributed by atoms with Gasteiger partial charge in [0, 0.05) is 12.6 Å². The molecular weight excluding hydrogens is 285 g/mol. The zero-order valence-corrected chi connectivity index (χ0v) is 11.7. The highest BCUT2D eigenvalue weighted by Gasteiger charge is 2.24. The van der Waals surface area contributed by atoms with Crippen molar-refractivity contribution in [1.82, 2.24) is 14.3 Å². The summed E-state index contributed by atoms with van der Waals surface area (Å²) < 4.78 is 45.4. The summed E-state index contributed by atoms with van der Waals surface area (Å²) in [5.74, 6) is 0.330. The molecule has 0 fully saturated rings. The van der Waals surface area contributed by atoms with Crippen LogP contribution in [0.4, 0.5) is 4.39 Å². The van der Waals surface area contributed by atoms with Crippen molar-refractivity contribution < 1.29 is 17.5 Å². The van der Waals surface area contributed by atoms with Gasteiger partial charge in [-0.2, -0.15) is 0 Å². The predicted molar refractivity (Wildman–Crippen MR) is 71.2 cm³/mol. The van der Waals surface area contributed by atoms with E-state index in [2.05, 4.69) is 9.71 Å². The smallest absolute Gasteiger partial charge is 0.208 e. The van der Waals surface area contributed by atoms with Crippen molar-refractivity contribution in [1.29, 1.82) is 0 Å². The number of sulfonamides is 1. The molecule has 1 aromatic heterocycles.